The van der Waals surface area contributed by atoms with E-state index in [0.29, 0.717) is 0 Å². The zero-order valence-electron chi connectivity index (χ0n) is 9.17. The number of rotatable bonds is 3. The molecule has 1 aliphatic rings. The summed E-state index contributed by atoms with van der Waals surface area (Å²) in [5.74, 6) is 0. The van der Waals surface area contributed by atoms with Gasteiger partial charge in [-0.2, -0.15) is 0 Å². The third kappa shape index (κ3) is 1.57. The molecule has 0 aliphatic carbocycles. The topological polar surface area (TPSA) is 44.3 Å². The van der Waals surface area contributed by atoms with E-state index < -0.39 is 5.60 Å². The van der Waals surface area contributed by atoms with Crippen LogP contribution in [-0.4, -0.2) is 5.11 Å². The molecule has 0 unspecified atom stereocenters. The smallest absolute Gasteiger partial charge is 0.136 e. The van der Waals surface area contributed by atoms with Crippen LogP contribution in [0.5, 0.6) is 0 Å². The van der Waals surface area contributed by atoms with Gasteiger partial charge in [0, 0.05) is 5.56 Å². The van der Waals surface area contributed by atoms with E-state index in [1.807, 2.05) is 32.0 Å². The lowest BCUT2D eigenvalue weighted by Crippen LogP contribution is -2.24. The summed E-state index contributed by atoms with van der Waals surface area (Å²) in [6.45, 7) is 5.81. The number of para-hydroxylation sites is 1. The highest BCUT2D eigenvalue weighted by Crippen LogP contribution is 2.40. The second-order valence-electron chi connectivity index (χ2n) is 3.90. The van der Waals surface area contributed by atoms with Gasteiger partial charge in [0.15, 0.2) is 0 Å². The van der Waals surface area contributed by atoms with Crippen molar-refractivity contribution in [2.24, 2.45) is 0 Å². The van der Waals surface area contributed by atoms with E-state index in [2.05, 4.69) is 10.6 Å². The minimum absolute atomic E-state index is 0.724. The molecule has 0 spiro atoms. The Labute approximate surface area is 90.5 Å². The fourth-order valence-corrected chi connectivity index (χ4v) is 2.03. The van der Waals surface area contributed by atoms with Crippen LogP contribution >= 0.6 is 0 Å². The number of anilines is 2. The van der Waals surface area contributed by atoms with Gasteiger partial charge in [0.2, 0.25) is 0 Å². The second-order valence-corrected chi connectivity index (χ2v) is 3.90. The molecule has 0 fully saturated rings. The lowest BCUT2D eigenvalue weighted by atomic mass is 9.87. The van der Waals surface area contributed by atoms with Gasteiger partial charge in [-0.15, -0.1) is 0 Å². The molecular weight excluding hydrogens is 188 g/mol. The molecule has 81 valence electrons. The lowest BCUT2D eigenvalue weighted by molar-refractivity contribution is 0.0292. The van der Waals surface area contributed by atoms with E-state index in [-0.39, 0.29) is 0 Å². The Bertz CT molecular complexity index is 359. The summed E-state index contributed by atoms with van der Waals surface area (Å²) >= 11 is 0. The fourth-order valence-electron chi connectivity index (χ4n) is 2.03. The minimum atomic E-state index is -0.724. The van der Waals surface area contributed by atoms with Gasteiger partial charge in [0.25, 0.3) is 0 Å². The maximum Gasteiger partial charge on any atom is 0.136 e. The Morgan fingerprint density at radius 2 is 1.93 bits per heavy atom. The average molecular weight is 205 g/mol. The molecule has 0 bridgehead atoms. The molecule has 3 nitrogen and oxygen atoms in total. The number of hydrogen-bond donors (Lipinski definition) is 3. The van der Waals surface area contributed by atoms with Gasteiger partial charge in [-0.3, -0.25) is 0 Å². The van der Waals surface area contributed by atoms with Crippen LogP contribution < -0.4 is 10.6 Å². The van der Waals surface area contributed by atoms with Gasteiger partial charge in [-0.05, 0) is 18.9 Å². The van der Waals surface area contributed by atoms with Crippen molar-refractivity contribution in [3.05, 3.63) is 30.4 Å². The first-order chi connectivity index (χ1) is 7.21. The summed E-state index contributed by atoms with van der Waals surface area (Å²) in [5.41, 5.74) is 2.29. The molecule has 0 atom stereocenters. The molecule has 0 saturated heterocycles. The number of benzene rings is 1. The van der Waals surface area contributed by atoms with Gasteiger partial charge in [0.05, 0.1) is 17.0 Å². The molecule has 1 aromatic rings. The summed E-state index contributed by atoms with van der Waals surface area (Å²) in [7, 11) is 0. The van der Waals surface area contributed by atoms with Crippen LogP contribution in [0.15, 0.2) is 18.2 Å². The third-order valence-electron chi connectivity index (χ3n) is 3.18. The highest BCUT2D eigenvalue weighted by molar-refractivity contribution is 5.79. The van der Waals surface area contributed by atoms with Crippen LogP contribution in [0.2, 0.25) is 0 Å². The standard InChI is InChI=1S/C12H17N2O/c1-3-12(15,4-2)9-6-5-7-10-11(9)14-8-13-10/h5-8,13-15H,3-4H2,1-2H3. The number of hydrogen-bond acceptors (Lipinski definition) is 3. The Kier molecular flexibility index (Phi) is 2.57. The molecule has 3 N–H and O–H groups in total. The summed E-state index contributed by atoms with van der Waals surface area (Å²) in [5, 5.41) is 16.7. The summed E-state index contributed by atoms with van der Waals surface area (Å²) < 4.78 is 0. The Morgan fingerprint density at radius 1 is 1.20 bits per heavy atom. The molecule has 1 radical (unpaired) electrons. The van der Waals surface area contributed by atoms with Crippen LogP contribution in [0.3, 0.4) is 0 Å². The molecule has 1 heterocycles. The second kappa shape index (κ2) is 3.74. The van der Waals surface area contributed by atoms with E-state index in [9.17, 15) is 5.11 Å². The molecule has 0 amide bonds. The van der Waals surface area contributed by atoms with Gasteiger partial charge >= 0.3 is 0 Å². The molecule has 2 rings (SSSR count). The molecule has 1 aromatic carbocycles. The van der Waals surface area contributed by atoms with Gasteiger partial charge in [0.1, 0.15) is 6.67 Å². The number of aliphatic hydroxyl groups is 1. The maximum atomic E-state index is 10.5. The van der Waals surface area contributed by atoms with Gasteiger partial charge < -0.3 is 15.7 Å². The molecule has 3 heteroatoms. The van der Waals surface area contributed by atoms with Crippen molar-refractivity contribution >= 4 is 11.4 Å². The summed E-state index contributed by atoms with van der Waals surface area (Å²) in [6, 6.07) is 5.96. The SMILES string of the molecule is CCC(O)(CC)c1cccc2c1N[CH]N2. The van der Waals surface area contributed by atoms with E-state index in [0.717, 1.165) is 29.8 Å². The zero-order chi connectivity index (χ0) is 10.9. The van der Waals surface area contributed by atoms with Crippen LogP contribution in [0, 0.1) is 6.67 Å². The first kappa shape index (κ1) is 10.3. The summed E-state index contributed by atoms with van der Waals surface area (Å²) in [6.07, 6.45) is 1.45. The summed E-state index contributed by atoms with van der Waals surface area (Å²) in [4.78, 5) is 0. The van der Waals surface area contributed by atoms with E-state index >= 15 is 0 Å². The van der Waals surface area contributed by atoms with E-state index in [4.69, 9.17) is 0 Å². The maximum absolute atomic E-state index is 10.5. The largest absolute Gasteiger partial charge is 0.385 e. The number of fused-ring (bicyclic) bond motifs is 1. The third-order valence-corrected chi connectivity index (χ3v) is 3.18. The fraction of sp³-hybridized carbons (Fsp3) is 0.417. The number of nitrogens with one attached hydrogen (secondary N) is 2. The lowest BCUT2D eigenvalue weighted by Gasteiger charge is -2.27. The molecular formula is C12H17N2O. The van der Waals surface area contributed by atoms with Crippen LogP contribution in [-0.2, 0) is 5.60 Å². The molecule has 1 aliphatic heterocycles. The zero-order valence-corrected chi connectivity index (χ0v) is 9.17. The Morgan fingerprint density at radius 3 is 2.60 bits per heavy atom. The van der Waals surface area contributed by atoms with Crippen LogP contribution in [0.1, 0.15) is 32.3 Å². The molecule has 0 saturated carbocycles. The van der Waals surface area contributed by atoms with Crippen molar-refractivity contribution in [1.82, 2.24) is 0 Å². The van der Waals surface area contributed by atoms with Crippen molar-refractivity contribution in [3.63, 3.8) is 0 Å². The van der Waals surface area contributed by atoms with Gasteiger partial charge in [-0.25, -0.2) is 0 Å². The highest BCUT2D eigenvalue weighted by atomic mass is 16.3. The Hall–Kier alpha value is -1.22. The van der Waals surface area contributed by atoms with Crippen molar-refractivity contribution in [3.8, 4) is 0 Å². The normalized spacial score (nSPS) is 14.3. The highest BCUT2D eigenvalue weighted by Gasteiger charge is 2.29. The monoisotopic (exact) mass is 205 g/mol. The van der Waals surface area contributed by atoms with Crippen LogP contribution in [0.25, 0.3) is 0 Å². The van der Waals surface area contributed by atoms with Crippen molar-refractivity contribution in [2.75, 3.05) is 10.6 Å². The Balaban J connectivity index is 2.48. The van der Waals surface area contributed by atoms with Crippen molar-refractivity contribution in [1.29, 1.82) is 0 Å². The molecule has 0 aromatic heterocycles. The van der Waals surface area contributed by atoms with Crippen molar-refractivity contribution < 1.29 is 5.11 Å². The van der Waals surface area contributed by atoms with Gasteiger partial charge in [-0.1, -0.05) is 26.0 Å². The first-order valence-corrected chi connectivity index (χ1v) is 5.42. The minimum Gasteiger partial charge on any atom is -0.385 e. The average Bonchev–Trinajstić information content (AvgIpc) is 2.75. The molecule has 15 heavy (non-hydrogen) atoms. The quantitative estimate of drug-likeness (QED) is 0.710. The van der Waals surface area contributed by atoms with E-state index in [1.165, 1.54) is 0 Å². The van der Waals surface area contributed by atoms with Crippen molar-refractivity contribution in [2.45, 2.75) is 32.3 Å². The first-order valence-electron chi connectivity index (χ1n) is 5.42. The predicted molar refractivity (Wildman–Crippen MR) is 62.5 cm³/mol. The predicted octanol–water partition coefficient (Wildman–Crippen LogP) is 2.65. The van der Waals surface area contributed by atoms with Crippen LogP contribution in [0.4, 0.5) is 11.4 Å². The van der Waals surface area contributed by atoms with E-state index in [1.54, 1.807) is 6.67 Å².